The highest BCUT2D eigenvalue weighted by molar-refractivity contribution is 7.93. The molecule has 0 radical (unpaired) electrons. The van der Waals surface area contributed by atoms with E-state index in [-0.39, 0.29) is 32.8 Å². The van der Waals surface area contributed by atoms with Crippen molar-refractivity contribution >= 4 is 55.0 Å². The molecule has 0 spiro atoms. The van der Waals surface area contributed by atoms with Gasteiger partial charge in [-0.25, -0.2) is 26.3 Å². The lowest BCUT2D eigenvalue weighted by atomic mass is 10.2. The van der Waals surface area contributed by atoms with E-state index in [9.17, 15) is 26.4 Å². The monoisotopic (exact) mass is 665 g/mol. The maximum Gasteiger partial charge on any atom is 0.274 e. The molecule has 15 nitrogen and oxygen atoms in total. The van der Waals surface area contributed by atoms with Gasteiger partial charge in [0.1, 0.15) is 5.69 Å². The van der Waals surface area contributed by atoms with E-state index in [1.165, 1.54) is 66.9 Å². The number of nitrogens with zero attached hydrogens (tertiary/aromatic N) is 3. The van der Waals surface area contributed by atoms with Crippen molar-refractivity contribution in [2.24, 2.45) is 0 Å². The van der Waals surface area contributed by atoms with Crippen molar-refractivity contribution in [2.75, 3.05) is 20.1 Å². The molecule has 2 aromatic carbocycles. The van der Waals surface area contributed by atoms with Crippen LogP contribution in [-0.4, -0.2) is 43.9 Å². The largest absolute Gasteiger partial charge is 0.337 e. The van der Waals surface area contributed by atoms with Crippen LogP contribution in [0.1, 0.15) is 43.4 Å². The summed E-state index contributed by atoms with van der Waals surface area (Å²) in [5.74, 6) is -1.09. The normalized spacial score (nSPS) is 11.6. The summed E-state index contributed by atoms with van der Waals surface area (Å²) in [4.78, 5) is 29.4. The average molecular weight is 666 g/mol. The van der Waals surface area contributed by atoms with Gasteiger partial charge in [0.05, 0.1) is 26.7 Å². The van der Waals surface area contributed by atoms with Crippen LogP contribution in [0.3, 0.4) is 0 Å². The lowest BCUT2D eigenvalue weighted by Crippen LogP contribution is -2.17. The molecule has 0 fully saturated rings. The Morgan fingerprint density at radius 1 is 0.609 bits per heavy atom. The predicted molar refractivity (Wildman–Crippen MR) is 167 cm³/mol. The summed E-state index contributed by atoms with van der Waals surface area (Å²) in [6.45, 7) is 6.72. The number of benzene rings is 2. The molecule has 0 saturated carbocycles. The second-order valence-electron chi connectivity index (χ2n) is 10.0. The highest BCUT2D eigenvalue weighted by Crippen LogP contribution is 2.24. The van der Waals surface area contributed by atoms with Crippen LogP contribution in [0.5, 0.6) is 0 Å². The van der Waals surface area contributed by atoms with E-state index in [1.807, 2.05) is 0 Å². The summed E-state index contributed by atoms with van der Waals surface area (Å²) in [5.41, 5.74) is 3.03. The number of sulfonamides is 2. The van der Waals surface area contributed by atoms with Gasteiger partial charge in [-0.05, 0) is 88.4 Å². The summed E-state index contributed by atoms with van der Waals surface area (Å²) in [7, 11) is -7.92. The summed E-state index contributed by atoms with van der Waals surface area (Å²) >= 11 is 0. The smallest absolute Gasteiger partial charge is 0.274 e. The molecule has 4 N–H and O–H groups in total. The molecule has 0 aliphatic rings. The van der Waals surface area contributed by atoms with Crippen LogP contribution in [0.4, 0.5) is 23.1 Å². The van der Waals surface area contributed by atoms with Gasteiger partial charge in [-0.3, -0.25) is 14.6 Å². The first kappa shape index (κ1) is 31.9. The molecule has 5 rings (SSSR count). The summed E-state index contributed by atoms with van der Waals surface area (Å²) in [5, 5.41) is 12.7. The maximum absolute atomic E-state index is 12.7. The Morgan fingerprint density at radius 3 is 1.41 bits per heavy atom. The summed E-state index contributed by atoms with van der Waals surface area (Å²) in [6.07, 6.45) is 1.21. The SMILES string of the molecule is Cc1noc(NS(=O)(=O)c2ccc(NC(=O)c3ccc(C(=O)Nc4ccc(S(=O)(=O)Nc5onc(C)c5C)cc4)nc3)cc2)c1C. The Balaban J connectivity index is 1.17. The van der Waals surface area contributed by atoms with Crippen LogP contribution >= 0.6 is 0 Å². The van der Waals surface area contributed by atoms with Crippen molar-refractivity contribution in [3.63, 3.8) is 0 Å². The van der Waals surface area contributed by atoms with Gasteiger partial charge in [0.25, 0.3) is 31.9 Å². The zero-order valence-electron chi connectivity index (χ0n) is 24.8. The number of carbonyl (C=O) groups is 2. The molecule has 0 aliphatic carbocycles. The predicted octanol–water partition coefficient (Wildman–Crippen LogP) is 4.40. The molecular weight excluding hydrogens is 638 g/mol. The molecule has 3 aromatic heterocycles. The van der Waals surface area contributed by atoms with E-state index in [1.54, 1.807) is 27.7 Å². The van der Waals surface area contributed by atoms with E-state index in [0.717, 1.165) is 0 Å². The Morgan fingerprint density at radius 2 is 1.04 bits per heavy atom. The molecule has 0 atom stereocenters. The fraction of sp³-hybridized carbons (Fsp3) is 0.138. The van der Waals surface area contributed by atoms with Crippen molar-refractivity contribution in [1.29, 1.82) is 0 Å². The molecule has 0 aliphatic heterocycles. The minimum Gasteiger partial charge on any atom is -0.337 e. The lowest BCUT2D eigenvalue weighted by molar-refractivity contribution is 0.101. The number of aromatic nitrogens is 3. The third-order valence-electron chi connectivity index (χ3n) is 6.87. The van der Waals surface area contributed by atoms with Crippen LogP contribution in [0, 0.1) is 27.7 Å². The van der Waals surface area contributed by atoms with Crippen LogP contribution in [0.25, 0.3) is 0 Å². The van der Waals surface area contributed by atoms with Gasteiger partial charge in [0.2, 0.25) is 11.8 Å². The number of nitrogens with one attached hydrogen (secondary N) is 4. The topological polar surface area (TPSA) is 215 Å². The van der Waals surface area contributed by atoms with Crippen LogP contribution < -0.4 is 20.1 Å². The Kier molecular flexibility index (Phi) is 8.62. The number of rotatable bonds is 10. The molecule has 2 amide bonds. The first-order valence-corrected chi connectivity index (χ1v) is 16.4. The highest BCUT2D eigenvalue weighted by atomic mass is 32.2. The van der Waals surface area contributed by atoms with Gasteiger partial charge < -0.3 is 19.7 Å². The first-order valence-electron chi connectivity index (χ1n) is 13.4. The van der Waals surface area contributed by atoms with Crippen molar-refractivity contribution < 1.29 is 35.5 Å². The van der Waals surface area contributed by atoms with Crippen LogP contribution in [0.2, 0.25) is 0 Å². The maximum atomic E-state index is 12.7. The van der Waals surface area contributed by atoms with Crippen LogP contribution in [-0.2, 0) is 20.0 Å². The van der Waals surface area contributed by atoms with E-state index in [4.69, 9.17) is 9.05 Å². The first-order chi connectivity index (χ1) is 21.7. The number of hydrogen-bond donors (Lipinski definition) is 4. The van der Waals surface area contributed by atoms with Crippen molar-refractivity contribution in [3.05, 3.63) is 101 Å². The summed E-state index contributed by atoms with van der Waals surface area (Å²) < 4.78 is 65.5. The quantitative estimate of drug-likeness (QED) is 0.164. The Labute approximate surface area is 263 Å². The van der Waals surface area contributed by atoms with Gasteiger partial charge in [0, 0.05) is 28.7 Å². The third kappa shape index (κ3) is 6.89. The summed E-state index contributed by atoms with van der Waals surface area (Å²) in [6, 6.07) is 13.7. The average Bonchev–Trinajstić information content (AvgIpc) is 3.51. The zero-order valence-corrected chi connectivity index (χ0v) is 26.4. The standard InChI is InChI=1S/C29H27N7O8S2/c1-16-18(3)33-43-28(16)35-45(39,40)23-10-6-21(7-11-23)31-26(37)20-5-14-25(30-15-20)27(38)32-22-8-12-24(13-9-22)46(41,42)36-29-17(2)19(4)34-44-29/h5-15,35-36H,1-4H3,(H,31,37)(H,32,38). The number of carbonyl (C=O) groups excluding carboxylic acids is 2. The van der Waals surface area contributed by atoms with Crippen LogP contribution in [0.15, 0.2) is 85.7 Å². The van der Waals surface area contributed by atoms with Crippen molar-refractivity contribution in [3.8, 4) is 0 Å². The number of pyridine rings is 1. The van der Waals surface area contributed by atoms with Gasteiger partial charge in [-0.15, -0.1) is 0 Å². The second-order valence-corrected chi connectivity index (χ2v) is 13.4. The van der Waals surface area contributed by atoms with E-state index >= 15 is 0 Å². The zero-order chi connectivity index (χ0) is 33.2. The number of amides is 2. The van der Waals surface area contributed by atoms with Crippen molar-refractivity contribution in [1.82, 2.24) is 15.3 Å². The molecule has 46 heavy (non-hydrogen) atoms. The number of hydrogen-bond acceptors (Lipinski definition) is 11. The Bertz CT molecular complexity index is 1990. The molecule has 17 heteroatoms. The molecule has 0 saturated heterocycles. The van der Waals surface area contributed by atoms with E-state index in [2.05, 4.69) is 35.4 Å². The van der Waals surface area contributed by atoms with E-state index in [0.29, 0.717) is 33.9 Å². The molecule has 238 valence electrons. The second kappa shape index (κ2) is 12.4. The highest BCUT2D eigenvalue weighted by Gasteiger charge is 2.21. The molecule has 0 unspecified atom stereocenters. The fourth-order valence-electron chi connectivity index (χ4n) is 3.88. The number of anilines is 4. The molecule has 0 bridgehead atoms. The van der Waals surface area contributed by atoms with Gasteiger partial charge in [-0.2, -0.15) is 0 Å². The van der Waals surface area contributed by atoms with Gasteiger partial charge in [-0.1, -0.05) is 10.3 Å². The number of aryl methyl sites for hydroxylation is 2. The van der Waals surface area contributed by atoms with Gasteiger partial charge in [0.15, 0.2) is 0 Å². The minimum absolute atomic E-state index is 0.00493. The van der Waals surface area contributed by atoms with Crippen molar-refractivity contribution in [2.45, 2.75) is 37.5 Å². The fourth-order valence-corrected chi connectivity index (χ4v) is 5.97. The molecular formula is C29H27N7O8S2. The van der Waals surface area contributed by atoms with Gasteiger partial charge >= 0.3 is 0 Å². The van der Waals surface area contributed by atoms with E-state index < -0.39 is 31.9 Å². The molecule has 3 heterocycles. The Hall–Kier alpha value is -5.55. The third-order valence-corrected chi connectivity index (χ3v) is 9.57. The minimum atomic E-state index is -3.96. The lowest BCUT2D eigenvalue weighted by Gasteiger charge is -2.09. The molecule has 5 aromatic rings.